The molecule has 0 saturated carbocycles. The normalized spacial score (nSPS) is 11.9. The van der Waals surface area contributed by atoms with E-state index in [2.05, 4.69) is 234 Å². The van der Waals surface area contributed by atoms with E-state index < -0.39 is 0 Å². The molecular formula is C62H38N2O2. The highest BCUT2D eigenvalue weighted by atomic mass is 16.3. The molecule has 0 bridgehead atoms. The SMILES string of the molecule is c1ccc(N(c2cccc3c2ccc2ccccc23)c2ccc(-c3ccccc3-n3c4ccccc4c4ccccc43)c3oc4ccccc4c23)c(-c2cccc3c2oc2ccccc23)c1. The standard InChI is InChI=1S/C62H38N2O2/c1-2-18-40-39(17-1)35-36-46-41(40)25-16-32-56(46)64(55-31-12-5-21-44(55)48-26-15-27-49-47-23-7-13-33-58(47)65-61(48)49)57-38-37-50(62-60(57)51-24-8-14-34-59(51)66-62)45-22-6-11-30-54(45)63-52-28-9-3-19-42(52)43-20-4-10-29-53(43)63/h1-38H. The zero-order valence-electron chi connectivity index (χ0n) is 35.7. The Kier molecular flexibility index (Phi) is 7.95. The van der Waals surface area contributed by atoms with Crippen LogP contribution in [0.4, 0.5) is 17.1 Å². The van der Waals surface area contributed by atoms with Gasteiger partial charge in [0.05, 0.1) is 39.2 Å². The minimum atomic E-state index is 0.828. The van der Waals surface area contributed by atoms with Gasteiger partial charge in [-0.05, 0) is 70.8 Å². The molecule has 14 aromatic rings. The summed E-state index contributed by atoms with van der Waals surface area (Å²) in [4.78, 5) is 2.46. The second-order valence-corrected chi connectivity index (χ2v) is 17.1. The molecule has 0 aliphatic heterocycles. The van der Waals surface area contributed by atoms with E-state index in [0.29, 0.717) is 0 Å². The van der Waals surface area contributed by atoms with Crippen LogP contribution in [0.2, 0.25) is 0 Å². The lowest BCUT2D eigenvalue weighted by Gasteiger charge is -2.30. The predicted octanol–water partition coefficient (Wildman–Crippen LogP) is 17.7. The topological polar surface area (TPSA) is 34.5 Å². The molecule has 3 heterocycles. The van der Waals surface area contributed by atoms with Crippen molar-refractivity contribution in [3.63, 3.8) is 0 Å². The van der Waals surface area contributed by atoms with Crippen molar-refractivity contribution >= 4 is 104 Å². The van der Waals surface area contributed by atoms with Crippen molar-refractivity contribution in [3.05, 3.63) is 231 Å². The molecule has 0 spiro atoms. The third kappa shape index (κ3) is 5.33. The summed E-state index contributed by atoms with van der Waals surface area (Å²) >= 11 is 0. The fourth-order valence-electron chi connectivity index (χ4n) is 10.8. The van der Waals surface area contributed by atoms with Crippen LogP contribution in [0.3, 0.4) is 0 Å². The minimum absolute atomic E-state index is 0.828. The molecule has 0 radical (unpaired) electrons. The Morgan fingerprint density at radius 2 is 0.833 bits per heavy atom. The molecule has 11 aromatic carbocycles. The molecule has 0 unspecified atom stereocenters. The number of benzene rings is 11. The molecule has 308 valence electrons. The predicted molar refractivity (Wildman–Crippen MR) is 276 cm³/mol. The third-order valence-electron chi connectivity index (χ3n) is 13.6. The monoisotopic (exact) mass is 842 g/mol. The van der Waals surface area contributed by atoms with Gasteiger partial charge in [-0.25, -0.2) is 0 Å². The zero-order chi connectivity index (χ0) is 43.3. The molecule has 0 amide bonds. The zero-order valence-corrected chi connectivity index (χ0v) is 35.7. The Morgan fingerprint density at radius 3 is 1.65 bits per heavy atom. The molecule has 0 fully saturated rings. The highest BCUT2D eigenvalue weighted by molar-refractivity contribution is 6.21. The summed E-state index contributed by atoms with van der Waals surface area (Å²) in [7, 11) is 0. The first kappa shape index (κ1) is 36.6. The lowest BCUT2D eigenvalue weighted by Crippen LogP contribution is -2.12. The van der Waals surface area contributed by atoms with E-state index in [1.165, 1.54) is 26.9 Å². The van der Waals surface area contributed by atoms with Crippen LogP contribution in [0.5, 0.6) is 0 Å². The molecular weight excluding hydrogens is 805 g/mol. The Hall–Kier alpha value is -8.86. The molecule has 66 heavy (non-hydrogen) atoms. The van der Waals surface area contributed by atoms with Crippen molar-refractivity contribution in [1.82, 2.24) is 4.57 Å². The van der Waals surface area contributed by atoms with Gasteiger partial charge in [-0.1, -0.05) is 176 Å². The molecule has 4 nitrogen and oxygen atoms in total. The maximum absolute atomic E-state index is 7.15. The average Bonchev–Trinajstić information content (AvgIpc) is 4.07. The van der Waals surface area contributed by atoms with Gasteiger partial charge >= 0.3 is 0 Å². The van der Waals surface area contributed by atoms with E-state index in [0.717, 1.165) is 105 Å². The van der Waals surface area contributed by atoms with Gasteiger partial charge in [0.15, 0.2) is 0 Å². The molecule has 0 N–H and O–H groups in total. The van der Waals surface area contributed by atoms with Crippen LogP contribution in [0.15, 0.2) is 239 Å². The first-order chi connectivity index (χ1) is 32.8. The number of fused-ring (bicyclic) bond motifs is 12. The van der Waals surface area contributed by atoms with Crippen LogP contribution in [-0.4, -0.2) is 4.57 Å². The number of anilines is 3. The molecule has 0 aliphatic rings. The third-order valence-corrected chi connectivity index (χ3v) is 13.6. The molecule has 4 heteroatoms. The van der Waals surface area contributed by atoms with Gasteiger partial charge < -0.3 is 18.3 Å². The van der Waals surface area contributed by atoms with Crippen LogP contribution < -0.4 is 4.90 Å². The summed E-state index contributed by atoms with van der Waals surface area (Å²) in [6, 6.07) is 82.6. The number of para-hydroxylation sites is 7. The summed E-state index contributed by atoms with van der Waals surface area (Å²) in [6.45, 7) is 0. The van der Waals surface area contributed by atoms with E-state index in [-0.39, 0.29) is 0 Å². The number of aromatic nitrogens is 1. The van der Waals surface area contributed by atoms with Crippen molar-refractivity contribution in [2.24, 2.45) is 0 Å². The summed E-state index contributed by atoms with van der Waals surface area (Å²) in [5.41, 5.74) is 14.1. The van der Waals surface area contributed by atoms with Crippen molar-refractivity contribution in [2.75, 3.05) is 4.90 Å². The summed E-state index contributed by atoms with van der Waals surface area (Å²) in [6.07, 6.45) is 0. The molecule has 0 aliphatic carbocycles. The van der Waals surface area contributed by atoms with Gasteiger partial charge in [0.25, 0.3) is 0 Å². The van der Waals surface area contributed by atoms with Crippen molar-refractivity contribution in [1.29, 1.82) is 0 Å². The summed E-state index contributed by atoms with van der Waals surface area (Å²) in [5.74, 6) is 0. The maximum Gasteiger partial charge on any atom is 0.145 e. The van der Waals surface area contributed by atoms with E-state index in [1.807, 2.05) is 6.07 Å². The Bertz CT molecular complexity index is 4210. The number of furan rings is 2. The van der Waals surface area contributed by atoms with E-state index in [4.69, 9.17) is 8.83 Å². The second-order valence-electron chi connectivity index (χ2n) is 17.1. The van der Waals surface area contributed by atoms with Crippen LogP contribution in [0.25, 0.3) is 115 Å². The van der Waals surface area contributed by atoms with Crippen molar-refractivity contribution < 1.29 is 8.83 Å². The van der Waals surface area contributed by atoms with Gasteiger partial charge in [-0.3, -0.25) is 0 Å². The highest BCUT2D eigenvalue weighted by Gasteiger charge is 2.27. The van der Waals surface area contributed by atoms with Gasteiger partial charge in [0, 0.05) is 54.6 Å². The van der Waals surface area contributed by atoms with Crippen LogP contribution >= 0.6 is 0 Å². The fourth-order valence-corrected chi connectivity index (χ4v) is 10.8. The quantitative estimate of drug-likeness (QED) is 0.156. The fraction of sp³-hybridized carbons (Fsp3) is 0. The van der Waals surface area contributed by atoms with Gasteiger partial charge in [0.1, 0.15) is 22.3 Å². The van der Waals surface area contributed by atoms with Gasteiger partial charge in [-0.15, -0.1) is 0 Å². The Labute approximate surface area is 379 Å². The van der Waals surface area contributed by atoms with Crippen LogP contribution in [0, 0.1) is 0 Å². The van der Waals surface area contributed by atoms with E-state index >= 15 is 0 Å². The first-order valence-electron chi connectivity index (χ1n) is 22.5. The minimum Gasteiger partial charge on any atom is -0.455 e. The Balaban J connectivity index is 1.08. The smallest absolute Gasteiger partial charge is 0.145 e. The van der Waals surface area contributed by atoms with Gasteiger partial charge in [-0.2, -0.15) is 0 Å². The number of nitrogens with zero attached hydrogens (tertiary/aromatic N) is 2. The summed E-state index contributed by atoms with van der Waals surface area (Å²) < 4.78 is 16.3. The van der Waals surface area contributed by atoms with Crippen LogP contribution in [0.1, 0.15) is 0 Å². The van der Waals surface area contributed by atoms with E-state index in [9.17, 15) is 0 Å². The van der Waals surface area contributed by atoms with Crippen LogP contribution in [-0.2, 0) is 0 Å². The molecule has 0 saturated heterocycles. The molecule has 0 atom stereocenters. The number of hydrogen-bond acceptors (Lipinski definition) is 3. The second kappa shape index (κ2) is 14.3. The lowest BCUT2D eigenvalue weighted by atomic mass is 9.95. The number of hydrogen-bond donors (Lipinski definition) is 0. The molecule has 14 rings (SSSR count). The van der Waals surface area contributed by atoms with Gasteiger partial charge in [0.2, 0.25) is 0 Å². The van der Waals surface area contributed by atoms with E-state index in [1.54, 1.807) is 0 Å². The Morgan fingerprint density at radius 1 is 0.288 bits per heavy atom. The largest absolute Gasteiger partial charge is 0.455 e. The maximum atomic E-state index is 7.15. The highest BCUT2D eigenvalue weighted by Crippen LogP contribution is 2.51. The summed E-state index contributed by atoms with van der Waals surface area (Å²) in [5, 5.41) is 11.5. The lowest BCUT2D eigenvalue weighted by molar-refractivity contribution is 0.669. The average molecular weight is 843 g/mol. The van der Waals surface area contributed by atoms with Crippen molar-refractivity contribution in [3.8, 4) is 27.9 Å². The number of rotatable bonds is 6. The molecule has 3 aromatic heterocycles. The van der Waals surface area contributed by atoms with Crippen molar-refractivity contribution in [2.45, 2.75) is 0 Å². The first-order valence-corrected chi connectivity index (χ1v) is 22.5.